The molecule has 1 amide bonds. The van der Waals surface area contributed by atoms with Crippen LogP contribution in [0.1, 0.15) is 42.0 Å². The highest BCUT2D eigenvalue weighted by Gasteiger charge is 2.28. The number of sulfonamides is 1. The highest BCUT2D eigenvalue weighted by Crippen LogP contribution is 2.35. The zero-order valence-corrected chi connectivity index (χ0v) is 22.2. The molecule has 2 aromatic heterocycles. The fraction of sp³-hybridized carbons (Fsp3) is 0.321. The Kier molecular flexibility index (Phi) is 6.48. The minimum atomic E-state index is -3.63. The molecule has 4 aromatic rings. The highest BCUT2D eigenvalue weighted by molar-refractivity contribution is 7.89. The standard InChI is InChI=1S/C28H30N6O4S/c29-27-25-24(12-13-30-27)34(22-5-2-14-33(17-22)28(35)36)32-26(25)20-8-6-18(7-9-20)16-31-39(37,38)23-11-10-19-3-1-4-21(19)15-23/h6-13,15,22,31H,1-5,14,16-17H2,(H2,29,30)(H,35,36)/t22-/m1/s1. The van der Waals surface area contributed by atoms with E-state index in [1.165, 1.54) is 10.5 Å². The van der Waals surface area contributed by atoms with Gasteiger partial charge in [0.1, 0.15) is 11.5 Å². The molecule has 10 nitrogen and oxygen atoms in total. The van der Waals surface area contributed by atoms with E-state index in [0.29, 0.717) is 29.5 Å². The fourth-order valence-corrected chi connectivity index (χ4v) is 6.75. The molecular weight excluding hydrogens is 516 g/mol. The van der Waals surface area contributed by atoms with Gasteiger partial charge in [-0.1, -0.05) is 30.3 Å². The van der Waals surface area contributed by atoms with E-state index >= 15 is 0 Å². The van der Waals surface area contributed by atoms with Gasteiger partial charge in [0.05, 0.1) is 21.8 Å². The van der Waals surface area contributed by atoms with Crippen molar-refractivity contribution in [3.63, 3.8) is 0 Å². The first-order valence-electron chi connectivity index (χ1n) is 13.1. The first kappa shape index (κ1) is 25.3. The Hall–Kier alpha value is -3.96. The number of hydrogen-bond acceptors (Lipinski definition) is 6. The van der Waals surface area contributed by atoms with E-state index in [1.54, 1.807) is 18.3 Å². The second-order valence-electron chi connectivity index (χ2n) is 10.2. The third-order valence-electron chi connectivity index (χ3n) is 7.74. The Bertz CT molecular complexity index is 1670. The lowest BCUT2D eigenvalue weighted by molar-refractivity contribution is 0.120. The number of anilines is 1. The maximum atomic E-state index is 12.9. The number of pyridine rings is 1. The van der Waals surface area contributed by atoms with Crippen molar-refractivity contribution in [2.75, 3.05) is 18.8 Å². The van der Waals surface area contributed by atoms with Crippen molar-refractivity contribution in [3.05, 3.63) is 71.4 Å². The van der Waals surface area contributed by atoms with Gasteiger partial charge in [-0.15, -0.1) is 0 Å². The monoisotopic (exact) mass is 546 g/mol. The maximum Gasteiger partial charge on any atom is 0.407 e. The van der Waals surface area contributed by atoms with E-state index in [4.69, 9.17) is 10.8 Å². The van der Waals surface area contributed by atoms with Gasteiger partial charge in [-0.3, -0.25) is 4.68 Å². The Labute approximate surface area is 226 Å². The fourth-order valence-electron chi connectivity index (χ4n) is 5.68. The molecule has 4 N–H and O–H groups in total. The molecule has 3 heterocycles. The van der Waals surface area contributed by atoms with Crippen LogP contribution in [0, 0.1) is 0 Å². The first-order valence-corrected chi connectivity index (χ1v) is 14.6. The number of amides is 1. The van der Waals surface area contributed by atoms with E-state index in [9.17, 15) is 18.3 Å². The lowest BCUT2D eigenvalue weighted by atomic mass is 10.1. The van der Waals surface area contributed by atoms with Crippen molar-refractivity contribution in [1.82, 2.24) is 24.4 Å². The lowest BCUT2D eigenvalue weighted by Crippen LogP contribution is -2.40. The summed E-state index contributed by atoms with van der Waals surface area (Å²) in [5.41, 5.74) is 11.7. The number of carboxylic acid groups (broad SMARTS) is 1. The molecule has 2 aromatic carbocycles. The van der Waals surface area contributed by atoms with Crippen LogP contribution in [0.3, 0.4) is 0 Å². The van der Waals surface area contributed by atoms with Gasteiger partial charge >= 0.3 is 6.09 Å². The van der Waals surface area contributed by atoms with Crippen LogP contribution in [0.5, 0.6) is 0 Å². The Morgan fingerprint density at radius 2 is 1.87 bits per heavy atom. The predicted octanol–water partition coefficient (Wildman–Crippen LogP) is 3.96. The lowest BCUT2D eigenvalue weighted by Gasteiger charge is -2.31. The van der Waals surface area contributed by atoms with Gasteiger partial charge < -0.3 is 15.7 Å². The number of benzene rings is 2. The van der Waals surface area contributed by atoms with Gasteiger partial charge in [0, 0.05) is 31.4 Å². The van der Waals surface area contributed by atoms with Gasteiger partial charge in [0.15, 0.2) is 0 Å². The smallest absolute Gasteiger partial charge is 0.407 e. The first-order chi connectivity index (χ1) is 18.8. The molecule has 0 bridgehead atoms. The Morgan fingerprint density at radius 3 is 2.67 bits per heavy atom. The third kappa shape index (κ3) is 4.83. The molecule has 1 aliphatic carbocycles. The number of nitrogens with two attached hydrogens (primary N) is 1. The average molecular weight is 547 g/mol. The number of hydrogen-bond donors (Lipinski definition) is 3. The van der Waals surface area contributed by atoms with E-state index in [-0.39, 0.29) is 12.6 Å². The molecular formula is C28H30N6O4S. The molecule has 2 aliphatic rings. The molecule has 6 rings (SSSR count). The summed E-state index contributed by atoms with van der Waals surface area (Å²) in [4.78, 5) is 17.6. The van der Waals surface area contributed by atoms with E-state index in [0.717, 1.165) is 59.7 Å². The van der Waals surface area contributed by atoms with E-state index in [2.05, 4.69) is 9.71 Å². The second-order valence-corrected chi connectivity index (χ2v) is 12.0. The van der Waals surface area contributed by atoms with Crippen molar-refractivity contribution in [2.45, 2.75) is 49.6 Å². The molecule has 11 heteroatoms. The number of piperidine rings is 1. The molecule has 0 spiro atoms. The summed E-state index contributed by atoms with van der Waals surface area (Å²) in [6.07, 6.45) is 5.26. The topological polar surface area (TPSA) is 143 Å². The SMILES string of the molecule is Nc1nccc2c1c(-c1ccc(CNS(=O)(=O)c3ccc4c(c3)CCC4)cc1)nn2[C@@H]1CCCN(C(=O)O)C1. The molecule has 0 radical (unpaired) electrons. The van der Waals surface area contributed by atoms with Crippen molar-refractivity contribution in [3.8, 4) is 11.3 Å². The summed E-state index contributed by atoms with van der Waals surface area (Å²) in [5.74, 6) is 0.353. The molecule has 1 saturated heterocycles. The summed E-state index contributed by atoms with van der Waals surface area (Å²) in [6.45, 7) is 1.03. The van der Waals surface area contributed by atoms with Crippen LogP contribution in [-0.4, -0.2) is 52.4 Å². The zero-order valence-electron chi connectivity index (χ0n) is 21.4. The normalized spacial score (nSPS) is 17.4. The number of nitrogens with zero attached hydrogens (tertiary/aromatic N) is 4. The van der Waals surface area contributed by atoms with E-state index in [1.807, 2.05) is 41.1 Å². The van der Waals surface area contributed by atoms with Gasteiger partial charge in [0.2, 0.25) is 10.0 Å². The van der Waals surface area contributed by atoms with Crippen LogP contribution < -0.4 is 10.5 Å². The number of likely N-dealkylation sites (tertiary alicyclic amines) is 1. The molecule has 1 aliphatic heterocycles. The maximum absolute atomic E-state index is 12.9. The number of carbonyl (C=O) groups is 1. The molecule has 0 saturated carbocycles. The highest BCUT2D eigenvalue weighted by atomic mass is 32.2. The van der Waals surface area contributed by atoms with Crippen LogP contribution >= 0.6 is 0 Å². The summed E-state index contributed by atoms with van der Waals surface area (Å²) in [7, 11) is -3.63. The van der Waals surface area contributed by atoms with Crippen molar-refractivity contribution in [2.24, 2.45) is 0 Å². The molecule has 1 atom stereocenters. The minimum absolute atomic E-state index is 0.110. The van der Waals surface area contributed by atoms with E-state index < -0.39 is 16.1 Å². The number of aryl methyl sites for hydroxylation is 2. The molecule has 0 unspecified atom stereocenters. The van der Waals surface area contributed by atoms with Gasteiger partial charge in [-0.25, -0.2) is 22.9 Å². The number of aromatic nitrogens is 3. The summed E-state index contributed by atoms with van der Waals surface area (Å²) in [5, 5.41) is 15.1. The van der Waals surface area contributed by atoms with Gasteiger partial charge in [0.25, 0.3) is 0 Å². The van der Waals surface area contributed by atoms with Gasteiger partial charge in [-0.2, -0.15) is 5.10 Å². The molecule has 39 heavy (non-hydrogen) atoms. The largest absolute Gasteiger partial charge is 0.465 e. The average Bonchev–Trinajstić information content (AvgIpc) is 3.58. The number of nitrogens with one attached hydrogen (secondary N) is 1. The Morgan fingerprint density at radius 1 is 1.08 bits per heavy atom. The summed E-state index contributed by atoms with van der Waals surface area (Å²) >= 11 is 0. The third-order valence-corrected chi connectivity index (χ3v) is 9.14. The van der Waals surface area contributed by atoms with Crippen LogP contribution in [0.2, 0.25) is 0 Å². The van der Waals surface area contributed by atoms with Crippen LogP contribution in [0.15, 0.2) is 59.6 Å². The summed E-state index contributed by atoms with van der Waals surface area (Å²) < 4.78 is 30.4. The molecule has 1 fully saturated rings. The van der Waals surface area contributed by atoms with Crippen molar-refractivity contribution in [1.29, 1.82) is 0 Å². The zero-order chi connectivity index (χ0) is 27.1. The van der Waals surface area contributed by atoms with Crippen molar-refractivity contribution < 1.29 is 18.3 Å². The quantitative estimate of drug-likeness (QED) is 0.332. The Balaban J connectivity index is 1.24. The van der Waals surface area contributed by atoms with Crippen LogP contribution in [0.4, 0.5) is 10.6 Å². The van der Waals surface area contributed by atoms with Gasteiger partial charge in [-0.05, 0) is 67.0 Å². The van der Waals surface area contributed by atoms with Crippen LogP contribution in [-0.2, 0) is 29.4 Å². The second kappa shape index (κ2) is 9.97. The molecule has 202 valence electrons. The number of rotatable bonds is 6. The van der Waals surface area contributed by atoms with Crippen molar-refractivity contribution >= 4 is 32.8 Å². The predicted molar refractivity (Wildman–Crippen MR) is 148 cm³/mol. The number of fused-ring (bicyclic) bond motifs is 2. The van der Waals surface area contributed by atoms with Crippen LogP contribution in [0.25, 0.3) is 22.2 Å². The summed E-state index contributed by atoms with van der Waals surface area (Å²) in [6, 6.07) is 14.6. The number of nitrogen functional groups attached to an aromatic ring is 1. The minimum Gasteiger partial charge on any atom is -0.465 e.